The highest BCUT2D eigenvalue weighted by Crippen LogP contribution is 2.38. The first kappa shape index (κ1) is 20.8. The van der Waals surface area contributed by atoms with Crippen molar-refractivity contribution in [2.45, 2.75) is 19.4 Å². The predicted octanol–water partition coefficient (Wildman–Crippen LogP) is 3.93. The van der Waals surface area contributed by atoms with E-state index in [0.717, 1.165) is 18.4 Å². The van der Waals surface area contributed by atoms with E-state index in [0.29, 0.717) is 60.0 Å². The average molecular weight is 449 g/mol. The van der Waals surface area contributed by atoms with Gasteiger partial charge in [0, 0.05) is 30.2 Å². The Kier molecular flexibility index (Phi) is 6.35. The lowest BCUT2D eigenvalue weighted by molar-refractivity contribution is -0.126. The van der Waals surface area contributed by atoms with Crippen LogP contribution in [0.15, 0.2) is 36.4 Å². The molecule has 1 atom stereocenters. The zero-order chi connectivity index (χ0) is 21.1. The summed E-state index contributed by atoms with van der Waals surface area (Å²) < 4.78 is 11.1. The number of hydrogen-bond donors (Lipinski definition) is 1. The summed E-state index contributed by atoms with van der Waals surface area (Å²) >= 11 is 12.2. The Bertz CT molecular complexity index is 949. The standard InChI is InChI=1S/C22H22Cl2N2O4/c23-17-5-3-15(4-6-17)22(28)26-7-1-2-16(13-26)21(27)25-12-14-10-18(24)20-19(11-14)29-8-9-30-20/h3-6,10-11,16H,1-2,7-9,12-13H2,(H,25,27). The van der Waals surface area contributed by atoms with Crippen LogP contribution < -0.4 is 14.8 Å². The summed E-state index contributed by atoms with van der Waals surface area (Å²) in [5.41, 5.74) is 1.41. The van der Waals surface area contributed by atoms with Gasteiger partial charge in [0.05, 0.1) is 10.9 Å². The normalized spacial score (nSPS) is 18.1. The number of halogens is 2. The van der Waals surface area contributed by atoms with Crippen molar-refractivity contribution in [3.8, 4) is 11.5 Å². The number of nitrogens with zero attached hydrogens (tertiary/aromatic N) is 1. The quantitative estimate of drug-likeness (QED) is 0.768. The third-order valence-electron chi connectivity index (χ3n) is 5.29. The van der Waals surface area contributed by atoms with Gasteiger partial charge in [-0.2, -0.15) is 0 Å². The Morgan fingerprint density at radius 1 is 1.10 bits per heavy atom. The maximum Gasteiger partial charge on any atom is 0.253 e. The molecular weight excluding hydrogens is 427 g/mol. The number of ether oxygens (including phenoxy) is 2. The van der Waals surface area contributed by atoms with Gasteiger partial charge in [0.2, 0.25) is 5.91 Å². The van der Waals surface area contributed by atoms with E-state index in [-0.39, 0.29) is 17.7 Å². The first-order valence-corrected chi connectivity index (χ1v) is 10.7. The molecule has 4 rings (SSSR count). The zero-order valence-electron chi connectivity index (χ0n) is 16.3. The number of fused-ring (bicyclic) bond motifs is 1. The van der Waals surface area contributed by atoms with E-state index in [1.807, 2.05) is 6.07 Å². The second-order valence-electron chi connectivity index (χ2n) is 7.42. The summed E-state index contributed by atoms with van der Waals surface area (Å²) in [4.78, 5) is 27.2. The van der Waals surface area contributed by atoms with Crippen LogP contribution in [-0.4, -0.2) is 43.0 Å². The lowest BCUT2D eigenvalue weighted by atomic mass is 9.96. The van der Waals surface area contributed by atoms with Gasteiger partial charge in [-0.3, -0.25) is 9.59 Å². The Labute approximate surface area is 185 Å². The fourth-order valence-electron chi connectivity index (χ4n) is 3.75. The van der Waals surface area contributed by atoms with E-state index in [1.165, 1.54) is 0 Å². The Morgan fingerprint density at radius 3 is 2.67 bits per heavy atom. The molecule has 8 heteroatoms. The summed E-state index contributed by atoms with van der Waals surface area (Å²) in [5, 5.41) is 4.01. The van der Waals surface area contributed by atoms with Crippen molar-refractivity contribution in [2.24, 2.45) is 5.92 Å². The van der Waals surface area contributed by atoms with Crippen LogP contribution in [0, 0.1) is 5.92 Å². The van der Waals surface area contributed by atoms with Gasteiger partial charge in [-0.1, -0.05) is 23.2 Å². The maximum absolute atomic E-state index is 12.7. The third kappa shape index (κ3) is 4.65. The van der Waals surface area contributed by atoms with Gasteiger partial charge in [0.1, 0.15) is 13.2 Å². The van der Waals surface area contributed by atoms with Crippen LogP contribution in [0.25, 0.3) is 0 Å². The number of benzene rings is 2. The highest BCUT2D eigenvalue weighted by atomic mass is 35.5. The van der Waals surface area contributed by atoms with E-state index >= 15 is 0 Å². The molecule has 158 valence electrons. The molecule has 0 aliphatic carbocycles. The number of nitrogens with one attached hydrogen (secondary N) is 1. The van der Waals surface area contributed by atoms with Crippen LogP contribution in [0.3, 0.4) is 0 Å². The van der Waals surface area contributed by atoms with E-state index < -0.39 is 0 Å². The number of piperidine rings is 1. The average Bonchev–Trinajstić information content (AvgIpc) is 2.77. The number of likely N-dealkylation sites (tertiary alicyclic amines) is 1. The number of amides is 2. The Balaban J connectivity index is 1.36. The van der Waals surface area contributed by atoms with E-state index in [4.69, 9.17) is 32.7 Å². The molecule has 1 N–H and O–H groups in total. The summed E-state index contributed by atoms with van der Waals surface area (Å²) in [7, 11) is 0. The second-order valence-corrected chi connectivity index (χ2v) is 8.26. The largest absolute Gasteiger partial charge is 0.486 e. The van der Waals surface area contributed by atoms with Gasteiger partial charge in [0.15, 0.2) is 11.5 Å². The molecule has 2 amide bonds. The van der Waals surface area contributed by atoms with Gasteiger partial charge in [0.25, 0.3) is 5.91 Å². The monoisotopic (exact) mass is 448 g/mol. The molecule has 2 aromatic carbocycles. The summed E-state index contributed by atoms with van der Waals surface area (Å²) in [6.45, 7) is 2.31. The molecule has 6 nitrogen and oxygen atoms in total. The molecular formula is C22H22Cl2N2O4. The molecule has 0 bridgehead atoms. The van der Waals surface area contributed by atoms with Crippen LogP contribution in [-0.2, 0) is 11.3 Å². The molecule has 0 aromatic heterocycles. The van der Waals surface area contributed by atoms with Crippen LogP contribution in [0.5, 0.6) is 11.5 Å². The lowest BCUT2D eigenvalue weighted by Crippen LogP contribution is -2.45. The highest BCUT2D eigenvalue weighted by Gasteiger charge is 2.29. The lowest BCUT2D eigenvalue weighted by Gasteiger charge is -2.32. The molecule has 1 saturated heterocycles. The van der Waals surface area contributed by atoms with Gasteiger partial charge < -0.3 is 19.7 Å². The van der Waals surface area contributed by atoms with Crippen LogP contribution in [0.1, 0.15) is 28.8 Å². The summed E-state index contributed by atoms with van der Waals surface area (Å²) in [5.74, 6) is 0.733. The molecule has 2 aliphatic rings. The second kappa shape index (κ2) is 9.14. The minimum Gasteiger partial charge on any atom is -0.486 e. The predicted molar refractivity (Wildman–Crippen MR) is 114 cm³/mol. The van der Waals surface area contributed by atoms with Crippen molar-refractivity contribution >= 4 is 35.0 Å². The topological polar surface area (TPSA) is 67.9 Å². The number of hydrogen-bond acceptors (Lipinski definition) is 4. The number of carbonyl (C=O) groups is 2. The van der Waals surface area contributed by atoms with E-state index in [1.54, 1.807) is 35.2 Å². The minimum atomic E-state index is -0.248. The van der Waals surface area contributed by atoms with Gasteiger partial charge in [-0.05, 0) is 54.8 Å². The number of rotatable bonds is 4. The molecule has 2 aromatic rings. The molecule has 0 radical (unpaired) electrons. The van der Waals surface area contributed by atoms with Gasteiger partial charge in [-0.25, -0.2) is 0 Å². The smallest absolute Gasteiger partial charge is 0.253 e. The third-order valence-corrected chi connectivity index (χ3v) is 5.83. The fraction of sp³-hybridized carbons (Fsp3) is 0.364. The van der Waals surface area contributed by atoms with Crippen molar-refractivity contribution in [3.05, 3.63) is 57.6 Å². The first-order chi connectivity index (χ1) is 14.5. The molecule has 1 fully saturated rings. The van der Waals surface area contributed by atoms with Crippen LogP contribution in [0.2, 0.25) is 10.0 Å². The van der Waals surface area contributed by atoms with Crippen molar-refractivity contribution in [1.82, 2.24) is 10.2 Å². The SMILES string of the molecule is O=C(NCc1cc(Cl)c2c(c1)OCCO2)C1CCCN(C(=O)c2ccc(Cl)cc2)C1. The number of carbonyl (C=O) groups excluding carboxylic acids is 2. The zero-order valence-corrected chi connectivity index (χ0v) is 17.8. The molecule has 1 unspecified atom stereocenters. The minimum absolute atomic E-state index is 0.0744. The van der Waals surface area contributed by atoms with Crippen molar-refractivity contribution < 1.29 is 19.1 Å². The van der Waals surface area contributed by atoms with Gasteiger partial charge in [-0.15, -0.1) is 0 Å². The molecule has 2 aliphatic heterocycles. The maximum atomic E-state index is 12.7. The fourth-order valence-corrected chi connectivity index (χ4v) is 4.16. The Hall–Kier alpha value is -2.44. The molecule has 30 heavy (non-hydrogen) atoms. The van der Waals surface area contributed by atoms with Crippen LogP contribution in [0.4, 0.5) is 0 Å². The molecule has 0 spiro atoms. The Morgan fingerprint density at radius 2 is 1.87 bits per heavy atom. The van der Waals surface area contributed by atoms with Crippen molar-refractivity contribution in [1.29, 1.82) is 0 Å². The first-order valence-electron chi connectivity index (χ1n) is 9.92. The van der Waals surface area contributed by atoms with E-state index in [9.17, 15) is 9.59 Å². The molecule has 0 saturated carbocycles. The van der Waals surface area contributed by atoms with E-state index in [2.05, 4.69) is 5.32 Å². The van der Waals surface area contributed by atoms with Crippen molar-refractivity contribution in [3.63, 3.8) is 0 Å². The molecule has 2 heterocycles. The summed E-state index contributed by atoms with van der Waals surface area (Å²) in [6.07, 6.45) is 1.53. The van der Waals surface area contributed by atoms with Crippen molar-refractivity contribution in [2.75, 3.05) is 26.3 Å². The van der Waals surface area contributed by atoms with Gasteiger partial charge >= 0.3 is 0 Å². The summed E-state index contributed by atoms with van der Waals surface area (Å²) in [6, 6.07) is 10.4. The van der Waals surface area contributed by atoms with Crippen LogP contribution >= 0.6 is 23.2 Å². The highest BCUT2D eigenvalue weighted by molar-refractivity contribution is 6.32.